The van der Waals surface area contributed by atoms with Gasteiger partial charge in [-0.05, 0) is 47.7 Å². The number of anilines is 2. The van der Waals surface area contributed by atoms with Crippen molar-refractivity contribution in [2.24, 2.45) is 5.41 Å². The van der Waals surface area contributed by atoms with Crippen molar-refractivity contribution in [3.05, 3.63) is 68.3 Å². The van der Waals surface area contributed by atoms with Crippen LogP contribution in [-0.4, -0.2) is 5.78 Å². The van der Waals surface area contributed by atoms with Crippen LogP contribution in [0.4, 0.5) is 11.4 Å². The quantitative estimate of drug-likeness (QED) is 0.528. The molecular weight excluding hydrogens is 403 g/mol. The third-order valence-electron chi connectivity index (χ3n) is 5.05. The first kappa shape index (κ1) is 18.7. The zero-order chi connectivity index (χ0) is 19.3. The Morgan fingerprint density at radius 1 is 0.963 bits per heavy atom. The largest absolute Gasteiger partial charge is 0.372 e. The summed E-state index contributed by atoms with van der Waals surface area (Å²) in [5, 5.41) is 8.66. The smallest absolute Gasteiger partial charge is 0.163 e. The van der Waals surface area contributed by atoms with Crippen LogP contribution in [0.15, 0.2) is 47.7 Å². The van der Waals surface area contributed by atoms with Gasteiger partial charge in [0.05, 0.1) is 17.4 Å². The highest BCUT2D eigenvalue weighted by atomic mass is 35.5. The van der Waals surface area contributed by atoms with Gasteiger partial charge in [-0.15, -0.1) is 0 Å². The molecule has 27 heavy (non-hydrogen) atoms. The summed E-state index contributed by atoms with van der Waals surface area (Å²) in [4.78, 5) is 13.1. The second-order valence-corrected chi connectivity index (χ2v) is 9.17. The molecule has 0 radical (unpaired) electrons. The average molecular weight is 422 g/mol. The number of halogens is 3. The van der Waals surface area contributed by atoms with Crippen LogP contribution in [0.3, 0.4) is 0 Å². The fourth-order valence-electron chi connectivity index (χ4n) is 3.89. The predicted octanol–water partition coefficient (Wildman–Crippen LogP) is 6.87. The van der Waals surface area contributed by atoms with E-state index in [0.29, 0.717) is 21.5 Å². The van der Waals surface area contributed by atoms with Crippen LogP contribution in [0.1, 0.15) is 38.3 Å². The van der Waals surface area contributed by atoms with E-state index >= 15 is 0 Å². The first-order chi connectivity index (χ1) is 12.7. The van der Waals surface area contributed by atoms with Crippen LogP contribution >= 0.6 is 34.8 Å². The molecule has 1 aliphatic carbocycles. The van der Waals surface area contributed by atoms with Gasteiger partial charge in [0, 0.05) is 32.8 Å². The van der Waals surface area contributed by atoms with Gasteiger partial charge < -0.3 is 10.6 Å². The summed E-state index contributed by atoms with van der Waals surface area (Å²) < 4.78 is 0. The summed E-state index contributed by atoms with van der Waals surface area (Å²) in [5.74, 6) is 0.121. The molecule has 2 N–H and O–H groups in total. The Kier molecular flexibility index (Phi) is 4.66. The van der Waals surface area contributed by atoms with Crippen LogP contribution in [-0.2, 0) is 4.79 Å². The van der Waals surface area contributed by atoms with Crippen molar-refractivity contribution >= 4 is 52.0 Å². The van der Waals surface area contributed by atoms with Gasteiger partial charge in [-0.2, -0.15) is 0 Å². The molecule has 140 valence electrons. The Labute approximate surface area is 173 Å². The Bertz CT molecular complexity index is 981. The second-order valence-electron chi connectivity index (χ2n) is 7.89. The number of allylic oxidation sites excluding steroid dienone is 1. The van der Waals surface area contributed by atoms with Crippen LogP contribution < -0.4 is 10.6 Å². The van der Waals surface area contributed by atoms with Crippen LogP contribution in [0.5, 0.6) is 0 Å². The summed E-state index contributed by atoms with van der Waals surface area (Å²) in [6.07, 6.45) is 1.27. The zero-order valence-corrected chi connectivity index (χ0v) is 17.3. The fraction of sp³-hybridized carbons (Fsp3) is 0.286. The van der Waals surface area contributed by atoms with Gasteiger partial charge in [0.15, 0.2) is 5.78 Å². The number of carbonyl (C=O) groups excluding carboxylic acids is 1. The molecule has 1 unspecified atom stereocenters. The SMILES string of the molecule is CC1(C)CC(=O)C2=C(C1)Nc1ccc(Cl)cc1NC2c1ccc(Cl)cc1Cl. The molecule has 2 aliphatic rings. The van der Waals surface area contributed by atoms with Crippen molar-refractivity contribution in [3.8, 4) is 0 Å². The summed E-state index contributed by atoms with van der Waals surface area (Å²) in [7, 11) is 0. The van der Waals surface area contributed by atoms with E-state index in [1.807, 2.05) is 24.3 Å². The monoisotopic (exact) mass is 420 g/mol. The van der Waals surface area contributed by atoms with E-state index in [1.165, 1.54) is 0 Å². The number of hydrogen-bond acceptors (Lipinski definition) is 3. The molecule has 0 saturated carbocycles. The maximum absolute atomic E-state index is 13.1. The summed E-state index contributed by atoms with van der Waals surface area (Å²) in [6.45, 7) is 4.23. The highest BCUT2D eigenvalue weighted by molar-refractivity contribution is 6.35. The van der Waals surface area contributed by atoms with Crippen molar-refractivity contribution in [3.63, 3.8) is 0 Å². The van der Waals surface area contributed by atoms with Gasteiger partial charge in [0.25, 0.3) is 0 Å². The van der Waals surface area contributed by atoms with Gasteiger partial charge >= 0.3 is 0 Å². The van der Waals surface area contributed by atoms with E-state index in [0.717, 1.165) is 34.6 Å². The van der Waals surface area contributed by atoms with Crippen LogP contribution in [0, 0.1) is 5.41 Å². The first-order valence-corrected chi connectivity index (χ1v) is 9.91. The zero-order valence-electron chi connectivity index (χ0n) is 15.0. The maximum Gasteiger partial charge on any atom is 0.163 e. The number of fused-ring (bicyclic) bond motifs is 1. The highest BCUT2D eigenvalue weighted by Crippen LogP contribution is 2.47. The molecule has 0 spiro atoms. The number of hydrogen-bond donors (Lipinski definition) is 2. The average Bonchev–Trinajstić information content (AvgIpc) is 2.69. The van der Waals surface area contributed by atoms with E-state index in [2.05, 4.69) is 24.5 Å². The maximum atomic E-state index is 13.1. The van der Waals surface area contributed by atoms with Crippen LogP contribution in [0.2, 0.25) is 15.1 Å². The van der Waals surface area contributed by atoms with Gasteiger partial charge in [-0.1, -0.05) is 54.7 Å². The minimum Gasteiger partial charge on any atom is -0.372 e. The number of Topliss-reactive ketones (excluding diaryl/α,β-unsaturated/α-hetero) is 1. The van der Waals surface area contributed by atoms with Crippen molar-refractivity contribution in [1.82, 2.24) is 0 Å². The molecule has 2 aromatic carbocycles. The molecule has 0 amide bonds. The number of nitrogens with one attached hydrogen (secondary N) is 2. The summed E-state index contributed by atoms with van der Waals surface area (Å²) in [5.41, 5.74) is 4.10. The van der Waals surface area contributed by atoms with Crippen molar-refractivity contribution < 1.29 is 4.79 Å². The van der Waals surface area contributed by atoms with Crippen LogP contribution in [0.25, 0.3) is 0 Å². The molecule has 3 nitrogen and oxygen atoms in total. The van der Waals surface area contributed by atoms with E-state index < -0.39 is 0 Å². The van der Waals surface area contributed by atoms with Crippen molar-refractivity contribution in [2.45, 2.75) is 32.7 Å². The summed E-state index contributed by atoms with van der Waals surface area (Å²) in [6, 6.07) is 10.6. The highest BCUT2D eigenvalue weighted by Gasteiger charge is 2.39. The van der Waals surface area contributed by atoms with E-state index in [4.69, 9.17) is 34.8 Å². The van der Waals surface area contributed by atoms with Gasteiger partial charge in [0.2, 0.25) is 0 Å². The lowest BCUT2D eigenvalue weighted by Gasteiger charge is -2.34. The topological polar surface area (TPSA) is 41.1 Å². The van der Waals surface area contributed by atoms with Crippen molar-refractivity contribution in [2.75, 3.05) is 10.6 Å². The molecular formula is C21H19Cl3N2O. The minimum absolute atomic E-state index is 0.103. The van der Waals surface area contributed by atoms with E-state index in [9.17, 15) is 4.79 Å². The predicted molar refractivity (Wildman–Crippen MR) is 113 cm³/mol. The molecule has 0 aromatic heterocycles. The fourth-order valence-corrected chi connectivity index (χ4v) is 4.57. The normalized spacial score (nSPS) is 20.9. The van der Waals surface area contributed by atoms with E-state index in [-0.39, 0.29) is 17.2 Å². The lowest BCUT2D eigenvalue weighted by molar-refractivity contribution is -0.118. The lowest BCUT2D eigenvalue weighted by atomic mass is 9.73. The molecule has 0 saturated heterocycles. The summed E-state index contributed by atoms with van der Waals surface area (Å²) >= 11 is 18.8. The molecule has 1 atom stereocenters. The Hall–Kier alpha value is -1.68. The number of rotatable bonds is 1. The lowest BCUT2D eigenvalue weighted by Crippen LogP contribution is -2.31. The Morgan fingerprint density at radius 2 is 1.67 bits per heavy atom. The molecule has 2 aromatic rings. The molecule has 1 heterocycles. The van der Waals surface area contributed by atoms with Gasteiger partial charge in [-0.3, -0.25) is 4.79 Å². The van der Waals surface area contributed by atoms with Gasteiger partial charge in [-0.25, -0.2) is 0 Å². The third kappa shape index (κ3) is 3.56. The molecule has 0 bridgehead atoms. The number of ketones is 1. The minimum atomic E-state index is -0.374. The number of carbonyl (C=O) groups is 1. The molecule has 0 fully saturated rings. The first-order valence-electron chi connectivity index (χ1n) is 8.78. The standard InChI is InChI=1S/C21H19Cl3N2O/c1-21(2)9-17-19(18(27)10-21)20(13-5-3-11(22)7-14(13)24)26-16-8-12(23)4-6-15(16)25-17/h3-8,20,25-26H,9-10H2,1-2H3. The second kappa shape index (κ2) is 6.73. The van der Waals surface area contributed by atoms with E-state index in [1.54, 1.807) is 12.1 Å². The molecule has 1 aliphatic heterocycles. The molecule has 4 rings (SSSR count). The Balaban J connectivity index is 1.92. The molecule has 6 heteroatoms. The Morgan fingerprint density at radius 3 is 2.41 bits per heavy atom. The van der Waals surface area contributed by atoms with Crippen molar-refractivity contribution in [1.29, 1.82) is 0 Å². The number of benzene rings is 2. The third-order valence-corrected chi connectivity index (χ3v) is 5.85. The van der Waals surface area contributed by atoms with Gasteiger partial charge in [0.1, 0.15) is 0 Å².